The largest absolute Gasteiger partial charge is 0.504 e. The maximum Gasteiger partial charge on any atom is 0.163 e. The molecule has 0 aliphatic carbocycles. The van der Waals surface area contributed by atoms with E-state index >= 15 is 0 Å². The Morgan fingerprint density at radius 1 is 1.43 bits per heavy atom. The van der Waals surface area contributed by atoms with Crippen LogP contribution in [0, 0.1) is 0 Å². The van der Waals surface area contributed by atoms with Crippen LogP contribution in [0.2, 0.25) is 0 Å². The van der Waals surface area contributed by atoms with Gasteiger partial charge in [-0.15, -0.1) is 0 Å². The van der Waals surface area contributed by atoms with Crippen molar-refractivity contribution in [1.29, 1.82) is 0 Å². The van der Waals surface area contributed by atoms with E-state index in [9.17, 15) is 10.2 Å². The minimum atomic E-state index is -0.681. The second kappa shape index (κ2) is 4.33. The fraction of sp³-hybridized carbons (Fsp3) is 0.455. The van der Waals surface area contributed by atoms with Gasteiger partial charge in [0.25, 0.3) is 0 Å². The quantitative estimate of drug-likeness (QED) is 0.777. The number of rotatable bonds is 3. The zero-order chi connectivity index (χ0) is 10.7. The molecule has 1 atom stereocenters. The average molecular weight is 196 g/mol. The Hall–Kier alpha value is -1.22. The van der Waals surface area contributed by atoms with Crippen LogP contribution in [0.25, 0.3) is 0 Å². The van der Waals surface area contributed by atoms with Crippen molar-refractivity contribution < 1.29 is 14.9 Å². The molecule has 1 unspecified atom stereocenters. The number of ether oxygens (including phenoxy) is 1. The van der Waals surface area contributed by atoms with E-state index < -0.39 is 6.10 Å². The van der Waals surface area contributed by atoms with Gasteiger partial charge in [-0.25, -0.2) is 0 Å². The van der Waals surface area contributed by atoms with Gasteiger partial charge in [0.1, 0.15) is 0 Å². The van der Waals surface area contributed by atoms with E-state index in [1.165, 1.54) is 7.11 Å². The third kappa shape index (κ3) is 1.82. The highest BCUT2D eigenvalue weighted by Crippen LogP contribution is 2.36. The first-order valence-electron chi connectivity index (χ1n) is 4.68. The second-order valence-corrected chi connectivity index (χ2v) is 3.22. The van der Waals surface area contributed by atoms with Crippen molar-refractivity contribution in [1.82, 2.24) is 0 Å². The lowest BCUT2D eigenvalue weighted by Crippen LogP contribution is -1.99. The highest BCUT2D eigenvalue weighted by Gasteiger charge is 2.15. The number of hydrogen-bond acceptors (Lipinski definition) is 3. The summed E-state index contributed by atoms with van der Waals surface area (Å²) in [5.41, 5.74) is 1.50. The summed E-state index contributed by atoms with van der Waals surface area (Å²) >= 11 is 0. The molecular weight excluding hydrogens is 180 g/mol. The number of phenolic OH excluding ortho intramolecular Hbond substituents is 1. The van der Waals surface area contributed by atoms with Crippen LogP contribution in [-0.2, 0) is 6.42 Å². The third-order valence-corrected chi connectivity index (χ3v) is 2.29. The zero-order valence-corrected chi connectivity index (χ0v) is 8.74. The van der Waals surface area contributed by atoms with Crippen molar-refractivity contribution in [2.24, 2.45) is 0 Å². The molecule has 1 rings (SSSR count). The first-order valence-corrected chi connectivity index (χ1v) is 4.68. The number of aliphatic hydroxyl groups is 1. The van der Waals surface area contributed by atoms with Crippen molar-refractivity contribution >= 4 is 0 Å². The maximum absolute atomic E-state index is 9.79. The number of phenols is 1. The van der Waals surface area contributed by atoms with Gasteiger partial charge < -0.3 is 14.9 Å². The number of methoxy groups -OCH3 is 1. The van der Waals surface area contributed by atoms with Crippen molar-refractivity contribution in [3.63, 3.8) is 0 Å². The molecule has 78 valence electrons. The molecule has 3 nitrogen and oxygen atoms in total. The normalized spacial score (nSPS) is 12.6. The first-order chi connectivity index (χ1) is 6.61. The fourth-order valence-corrected chi connectivity index (χ4v) is 1.57. The molecule has 1 aromatic carbocycles. The summed E-state index contributed by atoms with van der Waals surface area (Å²) in [5.74, 6) is 0.444. The summed E-state index contributed by atoms with van der Waals surface area (Å²) in [4.78, 5) is 0. The van der Waals surface area contributed by atoms with E-state index in [1.807, 2.05) is 13.0 Å². The van der Waals surface area contributed by atoms with Crippen molar-refractivity contribution in [2.45, 2.75) is 26.4 Å². The summed E-state index contributed by atoms with van der Waals surface area (Å²) in [6.45, 7) is 3.61. The monoisotopic (exact) mass is 196 g/mol. The molecule has 0 saturated carbocycles. The molecule has 0 radical (unpaired) electrons. The fourth-order valence-electron chi connectivity index (χ4n) is 1.57. The van der Waals surface area contributed by atoms with Gasteiger partial charge in [-0.05, 0) is 25.0 Å². The summed E-state index contributed by atoms with van der Waals surface area (Å²) in [6, 6.07) is 3.57. The van der Waals surface area contributed by atoms with Crippen LogP contribution in [0.5, 0.6) is 11.5 Å². The molecule has 3 heteroatoms. The minimum Gasteiger partial charge on any atom is -0.504 e. The summed E-state index contributed by atoms with van der Waals surface area (Å²) in [7, 11) is 1.49. The van der Waals surface area contributed by atoms with Crippen molar-refractivity contribution in [3.05, 3.63) is 23.3 Å². The molecular formula is C11H16O3. The molecule has 0 aliphatic rings. The van der Waals surface area contributed by atoms with Gasteiger partial charge in [0.05, 0.1) is 13.2 Å². The number of hydrogen-bond donors (Lipinski definition) is 2. The molecule has 0 heterocycles. The lowest BCUT2D eigenvalue weighted by atomic mass is 9.99. The molecule has 0 aliphatic heterocycles. The molecule has 0 amide bonds. The van der Waals surface area contributed by atoms with Crippen LogP contribution in [0.1, 0.15) is 31.1 Å². The van der Waals surface area contributed by atoms with Crippen LogP contribution in [0.3, 0.4) is 0 Å². The predicted octanol–water partition coefficient (Wildman–Crippen LogP) is 2.02. The lowest BCUT2D eigenvalue weighted by Gasteiger charge is -2.15. The van der Waals surface area contributed by atoms with E-state index in [1.54, 1.807) is 13.0 Å². The average Bonchev–Trinajstić information content (AvgIpc) is 2.16. The van der Waals surface area contributed by atoms with Gasteiger partial charge >= 0.3 is 0 Å². The van der Waals surface area contributed by atoms with Crippen LogP contribution in [-0.4, -0.2) is 17.3 Å². The topological polar surface area (TPSA) is 49.7 Å². The van der Waals surface area contributed by atoms with Crippen molar-refractivity contribution in [2.75, 3.05) is 7.11 Å². The van der Waals surface area contributed by atoms with E-state index in [0.29, 0.717) is 11.3 Å². The number of benzene rings is 1. The Balaban J connectivity index is 3.31. The highest BCUT2D eigenvalue weighted by molar-refractivity contribution is 5.50. The van der Waals surface area contributed by atoms with Crippen molar-refractivity contribution in [3.8, 4) is 11.5 Å². The molecule has 0 aromatic heterocycles. The Morgan fingerprint density at radius 2 is 2.07 bits per heavy atom. The Morgan fingerprint density at radius 3 is 2.50 bits per heavy atom. The Labute approximate surface area is 84.0 Å². The van der Waals surface area contributed by atoms with E-state index in [2.05, 4.69) is 0 Å². The SMILES string of the molecule is CCc1ccc(OC)c(O)c1C(C)O. The number of aryl methyl sites for hydroxylation is 1. The third-order valence-electron chi connectivity index (χ3n) is 2.29. The van der Waals surface area contributed by atoms with E-state index in [0.717, 1.165) is 12.0 Å². The highest BCUT2D eigenvalue weighted by atomic mass is 16.5. The van der Waals surface area contributed by atoms with Crippen LogP contribution >= 0.6 is 0 Å². The molecule has 2 N–H and O–H groups in total. The smallest absolute Gasteiger partial charge is 0.163 e. The standard InChI is InChI=1S/C11H16O3/c1-4-8-5-6-9(14-3)11(13)10(8)7(2)12/h5-7,12-13H,4H2,1-3H3. The van der Waals surface area contributed by atoms with E-state index in [4.69, 9.17) is 4.74 Å². The van der Waals surface area contributed by atoms with Gasteiger partial charge in [0.15, 0.2) is 11.5 Å². The van der Waals surface area contributed by atoms with Gasteiger partial charge in [0.2, 0.25) is 0 Å². The Bertz CT molecular complexity index is 319. The zero-order valence-electron chi connectivity index (χ0n) is 8.74. The lowest BCUT2D eigenvalue weighted by molar-refractivity contribution is 0.192. The van der Waals surface area contributed by atoms with Crippen LogP contribution in [0.15, 0.2) is 12.1 Å². The number of aromatic hydroxyl groups is 1. The molecule has 14 heavy (non-hydrogen) atoms. The molecule has 0 spiro atoms. The molecule has 0 fully saturated rings. The molecule has 1 aromatic rings. The molecule has 0 bridgehead atoms. The minimum absolute atomic E-state index is 0.0434. The summed E-state index contributed by atoms with van der Waals surface area (Å²) < 4.78 is 4.97. The molecule has 0 saturated heterocycles. The summed E-state index contributed by atoms with van der Waals surface area (Å²) in [6.07, 6.45) is 0.0951. The van der Waals surface area contributed by atoms with Gasteiger partial charge in [0, 0.05) is 5.56 Å². The van der Waals surface area contributed by atoms with Gasteiger partial charge in [-0.1, -0.05) is 13.0 Å². The van der Waals surface area contributed by atoms with Crippen LogP contribution in [0.4, 0.5) is 0 Å². The predicted molar refractivity (Wildman–Crippen MR) is 54.7 cm³/mol. The maximum atomic E-state index is 9.79. The van der Waals surface area contributed by atoms with Crippen LogP contribution < -0.4 is 4.74 Å². The summed E-state index contributed by atoms with van der Waals surface area (Å²) in [5, 5.41) is 19.3. The Kier molecular flexibility index (Phi) is 3.36. The van der Waals surface area contributed by atoms with Gasteiger partial charge in [-0.3, -0.25) is 0 Å². The van der Waals surface area contributed by atoms with Gasteiger partial charge in [-0.2, -0.15) is 0 Å². The first kappa shape index (κ1) is 10.9. The van der Waals surface area contributed by atoms with E-state index in [-0.39, 0.29) is 5.75 Å². The number of aliphatic hydroxyl groups excluding tert-OH is 1. The second-order valence-electron chi connectivity index (χ2n) is 3.22.